The molecule has 1 aliphatic heterocycles. The van der Waals surface area contributed by atoms with Gasteiger partial charge in [0, 0.05) is 53.8 Å². The molecule has 0 saturated carbocycles. The first kappa shape index (κ1) is 21.9. The summed E-state index contributed by atoms with van der Waals surface area (Å²) in [6.45, 7) is 3.14. The molecule has 0 aliphatic carbocycles. The van der Waals surface area contributed by atoms with Crippen LogP contribution in [0.15, 0.2) is 24.7 Å². The third-order valence-corrected chi connectivity index (χ3v) is 8.56. The topological polar surface area (TPSA) is 83.0 Å². The number of anilines is 1. The molecule has 0 fully saturated rings. The van der Waals surface area contributed by atoms with E-state index in [0.29, 0.717) is 17.4 Å². The van der Waals surface area contributed by atoms with Crippen molar-refractivity contribution in [1.82, 2.24) is 25.2 Å². The summed E-state index contributed by atoms with van der Waals surface area (Å²) in [5.41, 5.74) is 3.27. The average Bonchev–Trinajstić information content (AvgIpc) is 3.48. The summed E-state index contributed by atoms with van der Waals surface area (Å²) in [6.07, 6.45) is 6.71. The molecule has 0 bridgehead atoms. The molecule has 4 aromatic rings. The summed E-state index contributed by atoms with van der Waals surface area (Å²) in [4.78, 5) is 30.4. The van der Waals surface area contributed by atoms with Crippen LogP contribution in [0.4, 0.5) is 5.00 Å². The standard InChI is InChI=1S/C21H21ClN6OS3/c1-28(11-12-8-25-21(22)30-12)7-4-17(29)27-20-18(13-2-5-24-10-16(13)32-20)19-26-14-9-23-6-3-15(14)31-19/h3,6,8-9,24H,2,4-5,7,10-11H2,1H3,(H,27,29). The van der Waals surface area contributed by atoms with Gasteiger partial charge < -0.3 is 15.5 Å². The molecule has 1 aliphatic rings. The lowest BCUT2D eigenvalue weighted by molar-refractivity contribution is -0.116. The molecule has 0 saturated heterocycles. The molecule has 11 heteroatoms. The maximum atomic E-state index is 12.8. The van der Waals surface area contributed by atoms with Gasteiger partial charge in [-0.2, -0.15) is 0 Å². The Bertz CT molecular complexity index is 1230. The number of hydrogen-bond acceptors (Lipinski definition) is 9. The van der Waals surface area contributed by atoms with Crippen LogP contribution in [0.5, 0.6) is 0 Å². The monoisotopic (exact) mass is 504 g/mol. The van der Waals surface area contributed by atoms with Crippen molar-refractivity contribution in [3.63, 3.8) is 0 Å². The van der Waals surface area contributed by atoms with Gasteiger partial charge in [-0.1, -0.05) is 11.6 Å². The molecule has 4 aromatic heterocycles. The minimum Gasteiger partial charge on any atom is -0.317 e. The van der Waals surface area contributed by atoms with E-state index in [2.05, 4.69) is 25.5 Å². The van der Waals surface area contributed by atoms with E-state index in [1.165, 1.54) is 21.8 Å². The molecule has 5 rings (SSSR count). The molecular formula is C21H21ClN6OS3. The maximum Gasteiger partial charge on any atom is 0.226 e. The van der Waals surface area contributed by atoms with Crippen LogP contribution in [0.25, 0.3) is 20.8 Å². The van der Waals surface area contributed by atoms with Crippen LogP contribution in [-0.2, 0) is 24.3 Å². The number of thiophene rings is 1. The van der Waals surface area contributed by atoms with Crippen LogP contribution in [0.1, 0.15) is 21.7 Å². The number of nitrogens with zero attached hydrogens (tertiary/aromatic N) is 4. The molecule has 0 aromatic carbocycles. The number of carbonyl (C=O) groups is 1. The van der Waals surface area contributed by atoms with Crippen LogP contribution < -0.4 is 10.6 Å². The zero-order valence-electron chi connectivity index (χ0n) is 17.4. The third-order valence-electron chi connectivity index (χ3n) is 5.26. The Morgan fingerprint density at radius 3 is 3.03 bits per heavy atom. The van der Waals surface area contributed by atoms with E-state index in [1.54, 1.807) is 41.3 Å². The first-order chi connectivity index (χ1) is 15.6. The Kier molecular flexibility index (Phi) is 6.49. The van der Waals surface area contributed by atoms with Gasteiger partial charge in [-0.25, -0.2) is 9.97 Å². The second kappa shape index (κ2) is 9.50. The third kappa shape index (κ3) is 4.70. The fourth-order valence-corrected chi connectivity index (χ4v) is 7.09. The molecule has 0 unspecified atom stereocenters. The second-order valence-electron chi connectivity index (χ2n) is 7.61. The number of thiazole rings is 2. The van der Waals surface area contributed by atoms with Gasteiger partial charge in [-0.15, -0.1) is 34.0 Å². The number of fused-ring (bicyclic) bond motifs is 2. The number of carbonyl (C=O) groups excluding carboxylic acids is 1. The lowest BCUT2D eigenvalue weighted by atomic mass is 10.0. The minimum absolute atomic E-state index is 0.00905. The lowest BCUT2D eigenvalue weighted by Gasteiger charge is -2.15. The van der Waals surface area contributed by atoms with E-state index in [0.717, 1.165) is 56.7 Å². The zero-order chi connectivity index (χ0) is 22.1. The number of pyridine rings is 1. The summed E-state index contributed by atoms with van der Waals surface area (Å²) in [7, 11) is 2.00. The fourth-order valence-electron chi connectivity index (χ4n) is 3.72. The number of rotatable bonds is 7. The van der Waals surface area contributed by atoms with Gasteiger partial charge in [0.25, 0.3) is 0 Å². The predicted molar refractivity (Wildman–Crippen MR) is 133 cm³/mol. The Morgan fingerprint density at radius 2 is 2.22 bits per heavy atom. The van der Waals surface area contributed by atoms with Crippen molar-refractivity contribution in [2.75, 3.05) is 25.5 Å². The summed E-state index contributed by atoms with van der Waals surface area (Å²) in [5.74, 6) is 0.00905. The predicted octanol–water partition coefficient (Wildman–Crippen LogP) is 4.64. The van der Waals surface area contributed by atoms with Gasteiger partial charge in [0.1, 0.15) is 15.5 Å². The number of amides is 1. The van der Waals surface area contributed by atoms with E-state index in [4.69, 9.17) is 16.6 Å². The molecule has 5 heterocycles. The highest BCUT2D eigenvalue weighted by atomic mass is 35.5. The summed E-state index contributed by atoms with van der Waals surface area (Å²) >= 11 is 10.7. The zero-order valence-corrected chi connectivity index (χ0v) is 20.6. The first-order valence-corrected chi connectivity index (χ1v) is 13.0. The van der Waals surface area contributed by atoms with E-state index in [9.17, 15) is 4.79 Å². The summed E-state index contributed by atoms with van der Waals surface area (Å²) in [5, 5.41) is 8.45. The minimum atomic E-state index is 0.00905. The van der Waals surface area contributed by atoms with E-state index >= 15 is 0 Å². The molecule has 0 spiro atoms. The van der Waals surface area contributed by atoms with Crippen molar-refractivity contribution in [2.45, 2.75) is 25.9 Å². The van der Waals surface area contributed by atoms with Crippen molar-refractivity contribution < 1.29 is 4.79 Å². The van der Waals surface area contributed by atoms with Gasteiger partial charge in [-0.3, -0.25) is 9.78 Å². The molecule has 7 nitrogen and oxygen atoms in total. The molecule has 2 N–H and O–H groups in total. The highest BCUT2D eigenvalue weighted by Gasteiger charge is 2.25. The van der Waals surface area contributed by atoms with Crippen LogP contribution in [0.2, 0.25) is 4.47 Å². The van der Waals surface area contributed by atoms with Crippen molar-refractivity contribution in [1.29, 1.82) is 0 Å². The van der Waals surface area contributed by atoms with Crippen molar-refractivity contribution in [3.8, 4) is 10.6 Å². The quantitative estimate of drug-likeness (QED) is 0.381. The Balaban J connectivity index is 1.33. The molecular weight excluding hydrogens is 484 g/mol. The second-order valence-corrected chi connectivity index (χ2v) is 11.4. The molecule has 0 atom stereocenters. The highest BCUT2D eigenvalue weighted by molar-refractivity contribution is 7.23. The van der Waals surface area contributed by atoms with E-state index < -0.39 is 0 Å². The van der Waals surface area contributed by atoms with Crippen molar-refractivity contribution in [3.05, 3.63) is 44.4 Å². The molecule has 1 amide bonds. The molecule has 166 valence electrons. The summed E-state index contributed by atoms with van der Waals surface area (Å²) in [6, 6.07) is 1.99. The van der Waals surface area contributed by atoms with Crippen molar-refractivity contribution >= 4 is 66.7 Å². The highest BCUT2D eigenvalue weighted by Crippen LogP contribution is 2.44. The van der Waals surface area contributed by atoms with E-state index in [-0.39, 0.29) is 5.91 Å². The van der Waals surface area contributed by atoms with Gasteiger partial charge in [0.05, 0.1) is 10.9 Å². The van der Waals surface area contributed by atoms with Gasteiger partial charge in [0.2, 0.25) is 5.91 Å². The number of nitrogens with one attached hydrogen (secondary N) is 2. The van der Waals surface area contributed by atoms with E-state index in [1.807, 2.05) is 13.1 Å². The van der Waals surface area contributed by atoms with Gasteiger partial charge >= 0.3 is 0 Å². The number of hydrogen-bond donors (Lipinski definition) is 2. The van der Waals surface area contributed by atoms with Crippen LogP contribution in [-0.4, -0.2) is 45.9 Å². The fraction of sp³-hybridized carbons (Fsp3) is 0.333. The van der Waals surface area contributed by atoms with Crippen LogP contribution in [0, 0.1) is 0 Å². The molecule has 32 heavy (non-hydrogen) atoms. The molecule has 0 radical (unpaired) electrons. The van der Waals surface area contributed by atoms with Gasteiger partial charge in [-0.05, 0) is 31.6 Å². The first-order valence-electron chi connectivity index (χ1n) is 10.2. The Hall–Kier alpha value is -1.95. The smallest absolute Gasteiger partial charge is 0.226 e. The van der Waals surface area contributed by atoms with Crippen LogP contribution in [0.3, 0.4) is 0 Å². The van der Waals surface area contributed by atoms with Crippen LogP contribution >= 0.6 is 45.6 Å². The van der Waals surface area contributed by atoms with Gasteiger partial charge in [0.15, 0.2) is 4.47 Å². The lowest BCUT2D eigenvalue weighted by Crippen LogP contribution is -2.23. The largest absolute Gasteiger partial charge is 0.317 e. The SMILES string of the molecule is CN(CCC(=O)Nc1sc2c(c1-c1nc3cnccc3s1)CCNC2)Cc1cnc(Cl)s1. The van der Waals surface area contributed by atoms with Crippen molar-refractivity contribution in [2.24, 2.45) is 0 Å². The normalized spacial score (nSPS) is 13.6. The number of halogens is 1. The maximum absolute atomic E-state index is 12.8. The average molecular weight is 505 g/mol. The Labute approximate surface area is 202 Å². The summed E-state index contributed by atoms with van der Waals surface area (Å²) < 4.78 is 1.64. The number of aromatic nitrogens is 3. The Morgan fingerprint density at radius 1 is 1.31 bits per heavy atom.